The summed E-state index contributed by atoms with van der Waals surface area (Å²) in [7, 11) is 0. The molecular formula is C13H16N4O2. The van der Waals surface area contributed by atoms with Crippen LogP contribution in [0.3, 0.4) is 0 Å². The number of hydrogen-bond acceptors (Lipinski definition) is 4. The molecule has 6 nitrogen and oxygen atoms in total. The fourth-order valence-corrected chi connectivity index (χ4v) is 1.63. The number of carbonyl (C=O) groups is 1. The molecule has 0 radical (unpaired) electrons. The Morgan fingerprint density at radius 1 is 1.42 bits per heavy atom. The third-order valence-corrected chi connectivity index (χ3v) is 2.49. The molecule has 0 fully saturated rings. The van der Waals surface area contributed by atoms with E-state index in [1.807, 2.05) is 26.0 Å². The third-order valence-electron chi connectivity index (χ3n) is 2.49. The van der Waals surface area contributed by atoms with Crippen LogP contribution < -0.4 is 10.1 Å². The minimum atomic E-state index is -0.367. The highest BCUT2D eigenvalue weighted by Crippen LogP contribution is 2.26. The molecule has 2 rings (SSSR count). The fraction of sp³-hybridized carbons (Fsp3) is 0.308. The summed E-state index contributed by atoms with van der Waals surface area (Å²) in [4.78, 5) is 15.9. The molecule has 1 heterocycles. The number of anilines is 1. The summed E-state index contributed by atoms with van der Waals surface area (Å²) < 4.78 is 5.50. The van der Waals surface area contributed by atoms with Crippen LogP contribution in [0, 0.1) is 13.8 Å². The van der Waals surface area contributed by atoms with Crippen molar-refractivity contribution < 1.29 is 9.53 Å². The Hall–Kier alpha value is -2.37. The van der Waals surface area contributed by atoms with Gasteiger partial charge >= 0.3 is 0 Å². The van der Waals surface area contributed by atoms with Crippen molar-refractivity contribution in [1.29, 1.82) is 0 Å². The number of aromatic nitrogens is 3. The molecule has 6 heteroatoms. The first-order valence-electron chi connectivity index (χ1n) is 6.04. The molecule has 0 aliphatic heterocycles. The molecule has 0 saturated heterocycles. The van der Waals surface area contributed by atoms with Gasteiger partial charge in [-0.2, -0.15) is 0 Å². The maximum atomic E-state index is 12.0. The van der Waals surface area contributed by atoms with Gasteiger partial charge < -0.3 is 10.1 Å². The van der Waals surface area contributed by atoms with E-state index < -0.39 is 0 Å². The minimum Gasteiger partial charge on any atom is -0.492 e. The first kappa shape index (κ1) is 13.1. The first-order chi connectivity index (χ1) is 9.10. The molecule has 1 aromatic carbocycles. The largest absolute Gasteiger partial charge is 0.492 e. The van der Waals surface area contributed by atoms with Crippen LogP contribution >= 0.6 is 0 Å². The van der Waals surface area contributed by atoms with Crippen LogP contribution in [0.15, 0.2) is 18.2 Å². The molecule has 0 bridgehead atoms. The van der Waals surface area contributed by atoms with Gasteiger partial charge in [0.2, 0.25) is 5.82 Å². The van der Waals surface area contributed by atoms with Gasteiger partial charge in [-0.1, -0.05) is 6.07 Å². The van der Waals surface area contributed by atoms with Crippen LogP contribution in [0.4, 0.5) is 5.69 Å². The summed E-state index contributed by atoms with van der Waals surface area (Å²) in [5.41, 5.74) is 1.68. The van der Waals surface area contributed by atoms with Crippen molar-refractivity contribution in [3.63, 3.8) is 0 Å². The molecular weight excluding hydrogens is 244 g/mol. The van der Waals surface area contributed by atoms with E-state index in [0.717, 1.165) is 5.56 Å². The van der Waals surface area contributed by atoms with E-state index in [-0.39, 0.29) is 11.7 Å². The molecule has 2 aromatic rings. The lowest BCUT2D eigenvalue weighted by Crippen LogP contribution is -2.14. The molecule has 0 saturated carbocycles. The second-order valence-corrected chi connectivity index (χ2v) is 4.13. The van der Waals surface area contributed by atoms with Crippen molar-refractivity contribution >= 4 is 11.6 Å². The lowest BCUT2D eigenvalue weighted by molar-refractivity contribution is 0.101. The Bertz CT molecular complexity index is 592. The second kappa shape index (κ2) is 5.51. The van der Waals surface area contributed by atoms with Crippen molar-refractivity contribution in [3.8, 4) is 5.75 Å². The number of carbonyl (C=O) groups excluding carboxylic acids is 1. The SMILES string of the molecule is CCOc1cc(C)ccc1NC(=O)c1n[nH]c(C)n1. The second-order valence-electron chi connectivity index (χ2n) is 4.13. The van der Waals surface area contributed by atoms with Gasteiger partial charge in [0, 0.05) is 0 Å². The summed E-state index contributed by atoms with van der Waals surface area (Å²) >= 11 is 0. The van der Waals surface area contributed by atoms with Crippen molar-refractivity contribution in [2.45, 2.75) is 20.8 Å². The number of aromatic amines is 1. The molecule has 2 N–H and O–H groups in total. The van der Waals surface area contributed by atoms with Gasteiger partial charge in [0.25, 0.3) is 5.91 Å². The van der Waals surface area contributed by atoms with Gasteiger partial charge in [-0.25, -0.2) is 4.98 Å². The summed E-state index contributed by atoms with van der Waals surface area (Å²) in [5.74, 6) is 0.983. The number of nitrogens with one attached hydrogen (secondary N) is 2. The van der Waals surface area contributed by atoms with Gasteiger partial charge in [0.1, 0.15) is 11.6 Å². The molecule has 0 spiro atoms. The molecule has 0 aliphatic rings. The van der Waals surface area contributed by atoms with E-state index in [1.54, 1.807) is 13.0 Å². The standard InChI is InChI=1S/C13H16N4O2/c1-4-19-11-7-8(2)5-6-10(11)15-13(18)12-14-9(3)16-17-12/h5-7H,4H2,1-3H3,(H,15,18)(H,14,16,17). The van der Waals surface area contributed by atoms with E-state index in [4.69, 9.17) is 4.74 Å². The van der Waals surface area contributed by atoms with Gasteiger partial charge in [-0.05, 0) is 38.5 Å². The molecule has 100 valence electrons. The Morgan fingerprint density at radius 2 is 2.21 bits per heavy atom. The highest BCUT2D eigenvalue weighted by Gasteiger charge is 2.13. The predicted octanol–water partition coefficient (Wildman–Crippen LogP) is 2.07. The average Bonchev–Trinajstić information content (AvgIpc) is 2.80. The van der Waals surface area contributed by atoms with Crippen LogP contribution in [0.5, 0.6) is 5.75 Å². The first-order valence-corrected chi connectivity index (χ1v) is 6.04. The average molecular weight is 260 g/mol. The van der Waals surface area contributed by atoms with E-state index in [1.165, 1.54) is 0 Å². The molecule has 0 aliphatic carbocycles. The topological polar surface area (TPSA) is 79.9 Å². The molecule has 19 heavy (non-hydrogen) atoms. The quantitative estimate of drug-likeness (QED) is 0.882. The summed E-state index contributed by atoms with van der Waals surface area (Å²) in [6, 6.07) is 5.58. The Labute approximate surface area is 111 Å². The zero-order chi connectivity index (χ0) is 13.8. The van der Waals surface area contributed by atoms with E-state index in [9.17, 15) is 4.79 Å². The molecule has 1 aromatic heterocycles. The Morgan fingerprint density at radius 3 is 2.84 bits per heavy atom. The molecule has 0 atom stereocenters. The minimum absolute atomic E-state index is 0.112. The van der Waals surface area contributed by atoms with Gasteiger partial charge in [0.05, 0.1) is 12.3 Å². The lowest BCUT2D eigenvalue weighted by Gasteiger charge is -2.11. The smallest absolute Gasteiger partial charge is 0.295 e. The summed E-state index contributed by atoms with van der Waals surface area (Å²) in [5, 5.41) is 9.19. The number of nitrogens with zero attached hydrogens (tertiary/aromatic N) is 2. The van der Waals surface area contributed by atoms with Gasteiger partial charge in [-0.15, -0.1) is 5.10 Å². The number of ether oxygens (including phenoxy) is 1. The van der Waals surface area contributed by atoms with Crippen LogP contribution in [-0.4, -0.2) is 27.7 Å². The maximum Gasteiger partial charge on any atom is 0.295 e. The number of amides is 1. The van der Waals surface area contributed by atoms with Crippen molar-refractivity contribution in [2.24, 2.45) is 0 Å². The summed E-state index contributed by atoms with van der Waals surface area (Å²) in [6.45, 7) is 6.13. The van der Waals surface area contributed by atoms with Crippen LogP contribution in [0.25, 0.3) is 0 Å². The summed E-state index contributed by atoms with van der Waals surface area (Å²) in [6.07, 6.45) is 0. The van der Waals surface area contributed by atoms with Crippen molar-refractivity contribution in [2.75, 3.05) is 11.9 Å². The third kappa shape index (κ3) is 3.09. The predicted molar refractivity (Wildman–Crippen MR) is 71.4 cm³/mol. The van der Waals surface area contributed by atoms with E-state index in [2.05, 4.69) is 20.5 Å². The van der Waals surface area contributed by atoms with Crippen LogP contribution in [0.2, 0.25) is 0 Å². The fourth-order valence-electron chi connectivity index (χ4n) is 1.63. The lowest BCUT2D eigenvalue weighted by atomic mass is 10.2. The number of H-pyrrole nitrogens is 1. The number of rotatable bonds is 4. The monoisotopic (exact) mass is 260 g/mol. The van der Waals surface area contributed by atoms with E-state index in [0.29, 0.717) is 23.9 Å². The van der Waals surface area contributed by atoms with Crippen molar-refractivity contribution in [1.82, 2.24) is 15.2 Å². The zero-order valence-electron chi connectivity index (χ0n) is 11.2. The number of benzene rings is 1. The highest BCUT2D eigenvalue weighted by atomic mass is 16.5. The Kier molecular flexibility index (Phi) is 3.79. The zero-order valence-corrected chi connectivity index (χ0v) is 11.2. The van der Waals surface area contributed by atoms with Gasteiger partial charge in [-0.3, -0.25) is 9.89 Å². The normalized spacial score (nSPS) is 10.3. The maximum absolute atomic E-state index is 12.0. The van der Waals surface area contributed by atoms with Gasteiger partial charge in [0.15, 0.2) is 0 Å². The van der Waals surface area contributed by atoms with E-state index >= 15 is 0 Å². The van der Waals surface area contributed by atoms with Crippen LogP contribution in [-0.2, 0) is 0 Å². The highest BCUT2D eigenvalue weighted by molar-refractivity contribution is 6.02. The number of aryl methyl sites for hydroxylation is 2. The van der Waals surface area contributed by atoms with Crippen LogP contribution in [0.1, 0.15) is 28.9 Å². The molecule has 1 amide bonds. The number of hydrogen-bond donors (Lipinski definition) is 2. The molecule has 0 unspecified atom stereocenters. The Balaban J connectivity index is 2.20. The van der Waals surface area contributed by atoms with Crippen molar-refractivity contribution in [3.05, 3.63) is 35.4 Å².